The summed E-state index contributed by atoms with van der Waals surface area (Å²) in [5, 5.41) is 1.23. The van der Waals surface area contributed by atoms with Crippen LogP contribution in [-0.2, 0) is 4.43 Å². The van der Waals surface area contributed by atoms with E-state index in [4.69, 9.17) is 4.43 Å². The number of hydrogen-bond donors (Lipinski definition) is 0. The van der Waals surface area contributed by atoms with Crippen LogP contribution in [0.2, 0.25) is 18.1 Å². The minimum atomic E-state index is -1.52. The standard InChI is InChI=1S/C10H21BrOSi/c1-10(2,3)13(4,5)12-9-7-6-8-11/h6-7H,8-9H2,1-5H3/b7-6+. The second kappa shape index (κ2) is 5.32. The molecule has 0 amide bonds. The zero-order valence-electron chi connectivity index (χ0n) is 9.36. The third kappa shape index (κ3) is 4.98. The van der Waals surface area contributed by atoms with Crippen molar-refractivity contribution < 1.29 is 4.43 Å². The molecule has 0 radical (unpaired) electrons. The van der Waals surface area contributed by atoms with Gasteiger partial charge in [0.1, 0.15) is 0 Å². The van der Waals surface area contributed by atoms with Crippen LogP contribution in [0.4, 0.5) is 0 Å². The molecule has 0 aliphatic heterocycles. The van der Waals surface area contributed by atoms with Gasteiger partial charge in [-0.3, -0.25) is 0 Å². The number of allylic oxidation sites excluding steroid dienone is 1. The van der Waals surface area contributed by atoms with Crippen LogP contribution < -0.4 is 0 Å². The van der Waals surface area contributed by atoms with Gasteiger partial charge in [-0.25, -0.2) is 0 Å². The monoisotopic (exact) mass is 264 g/mol. The summed E-state index contributed by atoms with van der Waals surface area (Å²) in [4.78, 5) is 0. The maximum Gasteiger partial charge on any atom is 0.192 e. The van der Waals surface area contributed by atoms with Crippen molar-refractivity contribution in [3.63, 3.8) is 0 Å². The summed E-state index contributed by atoms with van der Waals surface area (Å²) in [6.45, 7) is 12.1. The van der Waals surface area contributed by atoms with E-state index in [0.29, 0.717) is 5.04 Å². The molecule has 0 unspecified atom stereocenters. The van der Waals surface area contributed by atoms with E-state index in [1.807, 2.05) is 0 Å². The van der Waals surface area contributed by atoms with Crippen LogP contribution in [0.3, 0.4) is 0 Å². The van der Waals surface area contributed by atoms with Gasteiger partial charge in [-0.2, -0.15) is 0 Å². The Morgan fingerprint density at radius 1 is 1.23 bits per heavy atom. The normalized spacial score (nSPS) is 14.0. The van der Waals surface area contributed by atoms with Crippen LogP contribution in [0.15, 0.2) is 12.2 Å². The summed E-state index contributed by atoms with van der Waals surface area (Å²) >= 11 is 3.34. The summed E-state index contributed by atoms with van der Waals surface area (Å²) in [7, 11) is -1.52. The van der Waals surface area contributed by atoms with Gasteiger partial charge in [0.15, 0.2) is 8.32 Å². The highest BCUT2D eigenvalue weighted by Crippen LogP contribution is 2.36. The molecule has 0 N–H and O–H groups in total. The molecular formula is C10H21BrOSi. The molecule has 78 valence electrons. The minimum Gasteiger partial charge on any atom is -0.413 e. The van der Waals surface area contributed by atoms with Crippen molar-refractivity contribution in [2.45, 2.75) is 38.9 Å². The predicted octanol–water partition coefficient (Wildman–Crippen LogP) is 3.96. The molecule has 0 aromatic heterocycles. The second-order valence-electron chi connectivity index (χ2n) is 4.70. The zero-order chi connectivity index (χ0) is 10.5. The maximum absolute atomic E-state index is 5.93. The Morgan fingerprint density at radius 3 is 2.15 bits per heavy atom. The lowest BCUT2D eigenvalue weighted by molar-refractivity contribution is 0.328. The predicted molar refractivity (Wildman–Crippen MR) is 66.1 cm³/mol. The molecular weight excluding hydrogens is 244 g/mol. The molecule has 0 heterocycles. The van der Waals surface area contributed by atoms with E-state index >= 15 is 0 Å². The van der Waals surface area contributed by atoms with Gasteiger partial charge in [-0.1, -0.05) is 48.9 Å². The van der Waals surface area contributed by atoms with Crippen molar-refractivity contribution in [2.75, 3.05) is 11.9 Å². The molecule has 13 heavy (non-hydrogen) atoms. The Balaban J connectivity index is 3.97. The van der Waals surface area contributed by atoms with Gasteiger partial charge in [-0.15, -0.1) is 0 Å². The molecule has 0 bridgehead atoms. The fourth-order valence-electron chi connectivity index (χ4n) is 0.604. The van der Waals surface area contributed by atoms with Crippen molar-refractivity contribution in [1.82, 2.24) is 0 Å². The van der Waals surface area contributed by atoms with Gasteiger partial charge < -0.3 is 4.43 Å². The zero-order valence-corrected chi connectivity index (χ0v) is 11.9. The molecule has 0 fully saturated rings. The lowest BCUT2D eigenvalue weighted by atomic mass is 10.2. The summed E-state index contributed by atoms with van der Waals surface area (Å²) in [6.07, 6.45) is 4.16. The van der Waals surface area contributed by atoms with Crippen molar-refractivity contribution in [1.29, 1.82) is 0 Å². The molecule has 0 aromatic rings. The highest BCUT2D eigenvalue weighted by atomic mass is 79.9. The number of halogens is 1. The molecule has 0 spiro atoms. The summed E-state index contributed by atoms with van der Waals surface area (Å²) in [5.41, 5.74) is 0. The molecule has 0 saturated carbocycles. The van der Waals surface area contributed by atoms with E-state index < -0.39 is 8.32 Å². The molecule has 0 atom stereocenters. The molecule has 0 aliphatic carbocycles. The third-order valence-corrected chi connectivity index (χ3v) is 7.48. The van der Waals surface area contributed by atoms with Gasteiger partial charge in [0.2, 0.25) is 0 Å². The van der Waals surface area contributed by atoms with E-state index in [2.05, 4.69) is 61.9 Å². The lowest BCUT2D eigenvalue weighted by Crippen LogP contribution is -2.40. The van der Waals surface area contributed by atoms with Gasteiger partial charge in [-0.05, 0) is 18.1 Å². The van der Waals surface area contributed by atoms with Crippen molar-refractivity contribution >= 4 is 24.2 Å². The van der Waals surface area contributed by atoms with E-state index in [-0.39, 0.29) is 0 Å². The lowest BCUT2D eigenvalue weighted by Gasteiger charge is -2.35. The fraction of sp³-hybridized carbons (Fsp3) is 0.800. The van der Waals surface area contributed by atoms with Crippen molar-refractivity contribution in [2.24, 2.45) is 0 Å². The molecule has 0 rings (SSSR count). The molecule has 0 aromatic carbocycles. The maximum atomic E-state index is 5.93. The first-order valence-corrected chi connectivity index (χ1v) is 8.69. The smallest absolute Gasteiger partial charge is 0.192 e. The molecule has 1 nitrogen and oxygen atoms in total. The van der Waals surface area contributed by atoms with Gasteiger partial charge >= 0.3 is 0 Å². The Morgan fingerprint density at radius 2 is 1.77 bits per heavy atom. The molecule has 3 heteroatoms. The first-order valence-electron chi connectivity index (χ1n) is 4.66. The van der Waals surface area contributed by atoms with Crippen LogP contribution in [0.1, 0.15) is 20.8 Å². The Bertz CT molecular complexity index is 170. The first-order chi connectivity index (χ1) is 5.81. The summed E-state index contributed by atoms with van der Waals surface area (Å²) in [5.74, 6) is 0. The van der Waals surface area contributed by atoms with E-state index in [1.54, 1.807) is 0 Å². The van der Waals surface area contributed by atoms with Crippen LogP contribution in [0, 0.1) is 0 Å². The van der Waals surface area contributed by atoms with E-state index in [9.17, 15) is 0 Å². The second-order valence-corrected chi connectivity index (χ2v) is 10.2. The Kier molecular flexibility index (Phi) is 5.48. The average molecular weight is 265 g/mol. The topological polar surface area (TPSA) is 9.23 Å². The molecule has 0 aliphatic rings. The largest absolute Gasteiger partial charge is 0.413 e. The quantitative estimate of drug-likeness (QED) is 0.425. The highest BCUT2D eigenvalue weighted by molar-refractivity contribution is 9.09. The van der Waals surface area contributed by atoms with Gasteiger partial charge in [0.25, 0.3) is 0 Å². The van der Waals surface area contributed by atoms with Crippen LogP contribution in [0.5, 0.6) is 0 Å². The number of hydrogen-bond acceptors (Lipinski definition) is 1. The van der Waals surface area contributed by atoms with Gasteiger partial charge in [0, 0.05) is 5.33 Å². The van der Waals surface area contributed by atoms with Crippen LogP contribution >= 0.6 is 15.9 Å². The van der Waals surface area contributed by atoms with Crippen molar-refractivity contribution in [3.8, 4) is 0 Å². The summed E-state index contributed by atoms with van der Waals surface area (Å²) in [6, 6.07) is 0. The van der Waals surface area contributed by atoms with Crippen molar-refractivity contribution in [3.05, 3.63) is 12.2 Å². The average Bonchev–Trinajstić information content (AvgIpc) is 1.96. The van der Waals surface area contributed by atoms with E-state index in [0.717, 1.165) is 11.9 Å². The number of alkyl halides is 1. The summed E-state index contributed by atoms with van der Waals surface area (Å²) < 4.78 is 5.93. The number of rotatable bonds is 4. The van der Waals surface area contributed by atoms with Crippen LogP contribution in [-0.4, -0.2) is 20.3 Å². The third-order valence-electron chi connectivity index (χ3n) is 2.60. The minimum absolute atomic E-state index is 0.315. The first kappa shape index (κ1) is 13.4. The van der Waals surface area contributed by atoms with Gasteiger partial charge in [0.05, 0.1) is 6.61 Å². The van der Waals surface area contributed by atoms with E-state index in [1.165, 1.54) is 0 Å². The SMILES string of the molecule is CC(C)(C)[Si](C)(C)OC/C=C/CBr. The fourth-order valence-corrected chi connectivity index (χ4v) is 1.81. The molecule has 0 saturated heterocycles. The Hall–Kier alpha value is 0.397. The highest BCUT2D eigenvalue weighted by Gasteiger charge is 2.36. The Labute approximate surface area is 91.8 Å². The van der Waals surface area contributed by atoms with Crippen LogP contribution in [0.25, 0.3) is 0 Å².